The third-order valence-corrected chi connectivity index (χ3v) is 11.2. The van der Waals surface area contributed by atoms with E-state index in [1.165, 1.54) is 40.2 Å². The number of ether oxygens (including phenoxy) is 2. The van der Waals surface area contributed by atoms with Gasteiger partial charge in [0.25, 0.3) is 5.91 Å². The number of β-lactam (4-membered cyclic amide) rings is 1. The summed E-state index contributed by atoms with van der Waals surface area (Å²) in [4.78, 5) is 43.1. The first-order valence-corrected chi connectivity index (χ1v) is 17.8. The van der Waals surface area contributed by atoms with Gasteiger partial charge in [-0.15, -0.1) is 28.6 Å². The van der Waals surface area contributed by atoms with Gasteiger partial charge in [0.05, 0.1) is 5.94 Å². The fraction of sp³-hybridized carbons (Fsp3) is 0.273. The maximum atomic E-state index is 14.2. The van der Waals surface area contributed by atoms with Crippen LogP contribution in [0.2, 0.25) is 0 Å². The van der Waals surface area contributed by atoms with Crippen LogP contribution < -0.4 is 5.32 Å². The van der Waals surface area contributed by atoms with Gasteiger partial charge in [-0.2, -0.15) is 0 Å². The minimum atomic E-state index is -0.805. The first kappa shape index (κ1) is 32.8. The van der Waals surface area contributed by atoms with Crippen molar-refractivity contribution in [1.82, 2.24) is 30.4 Å². The molecule has 242 valence electrons. The number of tetrazole rings is 1. The lowest BCUT2D eigenvalue weighted by molar-refractivity contribution is -0.154. The third kappa shape index (κ3) is 7.25. The summed E-state index contributed by atoms with van der Waals surface area (Å²) >= 11 is 4.20. The molecule has 2 aliphatic heterocycles. The standard InChI is InChI=1S/C33H32N6O5S3/c1-38-33(35-36-37-38)46-19-24-18-45-31-25(34-29(40)28(47-20-43-2)23-16-10-5-11-17-23)30(41)39(31)26(24)32(42)44-27(21-12-6-3-7-13-21)22-14-8-4-9-15-22/h3-17,25,27-28,31H,18-20H2,1-2H3,(H,34,40)/t25-,28?,31?/m0/s1. The van der Waals surface area contributed by atoms with Crippen LogP contribution in [0.3, 0.4) is 0 Å². The zero-order chi connectivity index (χ0) is 32.8. The highest BCUT2D eigenvalue weighted by atomic mass is 32.2. The van der Waals surface area contributed by atoms with Crippen LogP contribution in [-0.4, -0.2) is 78.9 Å². The second-order valence-corrected chi connectivity index (χ2v) is 13.8. The Balaban J connectivity index is 1.27. The average molecular weight is 689 g/mol. The Morgan fingerprint density at radius 3 is 2.17 bits per heavy atom. The van der Waals surface area contributed by atoms with Crippen molar-refractivity contribution in [2.24, 2.45) is 7.05 Å². The molecule has 0 aliphatic carbocycles. The molecule has 1 fully saturated rings. The van der Waals surface area contributed by atoms with Gasteiger partial charge in [0.15, 0.2) is 6.10 Å². The van der Waals surface area contributed by atoms with Crippen molar-refractivity contribution in [2.45, 2.75) is 27.9 Å². The van der Waals surface area contributed by atoms with Gasteiger partial charge in [-0.3, -0.25) is 14.5 Å². The lowest BCUT2D eigenvalue weighted by atomic mass is 10.0. The van der Waals surface area contributed by atoms with Crippen molar-refractivity contribution in [3.05, 3.63) is 119 Å². The molecule has 2 aliphatic rings. The molecule has 47 heavy (non-hydrogen) atoms. The van der Waals surface area contributed by atoms with Crippen LogP contribution in [-0.2, 0) is 30.9 Å². The van der Waals surface area contributed by atoms with E-state index in [4.69, 9.17) is 9.47 Å². The number of hydrogen-bond acceptors (Lipinski definition) is 11. The Kier molecular flexibility index (Phi) is 10.6. The Hall–Kier alpha value is -4.11. The predicted octanol–water partition coefficient (Wildman–Crippen LogP) is 4.37. The van der Waals surface area contributed by atoms with Crippen molar-refractivity contribution in [2.75, 3.05) is 24.6 Å². The second-order valence-electron chi connectivity index (χ2n) is 10.7. The van der Waals surface area contributed by atoms with E-state index >= 15 is 0 Å². The lowest BCUT2D eigenvalue weighted by Gasteiger charge is -2.50. The van der Waals surface area contributed by atoms with Crippen LogP contribution in [0.15, 0.2) is 107 Å². The minimum Gasteiger partial charge on any atom is -0.448 e. The smallest absolute Gasteiger partial charge is 0.356 e. The highest BCUT2D eigenvalue weighted by Gasteiger charge is 2.55. The molecule has 3 atom stereocenters. The van der Waals surface area contributed by atoms with E-state index in [-0.39, 0.29) is 17.5 Å². The molecular formula is C33H32N6O5S3. The molecule has 2 amide bonds. The van der Waals surface area contributed by atoms with E-state index in [0.29, 0.717) is 22.6 Å². The summed E-state index contributed by atoms with van der Waals surface area (Å²) in [6.45, 7) is 0. The topological polar surface area (TPSA) is 129 Å². The molecule has 11 nitrogen and oxygen atoms in total. The second kappa shape index (κ2) is 15.2. The number of thioether (sulfide) groups is 3. The number of esters is 1. The van der Waals surface area contributed by atoms with Crippen molar-refractivity contribution in [3.8, 4) is 0 Å². The van der Waals surface area contributed by atoms with Crippen LogP contribution in [0.1, 0.15) is 28.0 Å². The predicted molar refractivity (Wildman–Crippen MR) is 181 cm³/mol. The number of benzene rings is 3. The van der Waals surface area contributed by atoms with Crippen molar-refractivity contribution < 1.29 is 23.9 Å². The summed E-state index contributed by atoms with van der Waals surface area (Å²) < 4.78 is 13.0. The Morgan fingerprint density at radius 2 is 1.60 bits per heavy atom. The monoisotopic (exact) mass is 688 g/mol. The zero-order valence-electron chi connectivity index (χ0n) is 25.6. The Morgan fingerprint density at radius 1 is 0.979 bits per heavy atom. The van der Waals surface area contributed by atoms with Crippen LogP contribution in [0.5, 0.6) is 0 Å². The van der Waals surface area contributed by atoms with E-state index in [1.807, 2.05) is 91.0 Å². The van der Waals surface area contributed by atoms with Gasteiger partial charge >= 0.3 is 5.97 Å². The van der Waals surface area contributed by atoms with Gasteiger partial charge in [-0.05, 0) is 32.7 Å². The van der Waals surface area contributed by atoms with E-state index in [2.05, 4.69) is 20.8 Å². The molecule has 1 N–H and O–H groups in total. The van der Waals surface area contributed by atoms with E-state index in [0.717, 1.165) is 22.3 Å². The third-order valence-electron chi connectivity index (χ3n) is 7.62. The number of carbonyl (C=O) groups excluding carboxylic acids is 3. The fourth-order valence-corrected chi connectivity index (χ4v) is 8.52. The number of rotatable bonds is 13. The molecule has 14 heteroatoms. The molecular weight excluding hydrogens is 657 g/mol. The van der Waals surface area contributed by atoms with Gasteiger partial charge in [0.2, 0.25) is 11.1 Å². The Bertz CT molecular complexity index is 1700. The van der Waals surface area contributed by atoms with Crippen LogP contribution in [0, 0.1) is 0 Å². The van der Waals surface area contributed by atoms with Crippen molar-refractivity contribution in [1.29, 1.82) is 0 Å². The van der Waals surface area contributed by atoms with Crippen molar-refractivity contribution in [3.63, 3.8) is 0 Å². The van der Waals surface area contributed by atoms with Crippen molar-refractivity contribution >= 4 is 53.1 Å². The molecule has 0 spiro atoms. The normalized spacial score (nSPS) is 18.0. The molecule has 6 rings (SSSR count). The number of carbonyl (C=O) groups is 3. The van der Waals surface area contributed by atoms with E-state index < -0.39 is 28.7 Å². The first-order chi connectivity index (χ1) is 23.0. The van der Waals surface area contributed by atoms with E-state index in [9.17, 15) is 14.4 Å². The molecule has 0 radical (unpaired) electrons. The summed E-state index contributed by atoms with van der Waals surface area (Å²) in [6.07, 6.45) is -0.696. The van der Waals surface area contributed by atoms with Gasteiger partial charge in [-0.1, -0.05) is 103 Å². The molecule has 0 bridgehead atoms. The van der Waals surface area contributed by atoms with E-state index in [1.54, 1.807) is 18.8 Å². The summed E-state index contributed by atoms with van der Waals surface area (Å²) in [5.41, 5.74) is 3.32. The quantitative estimate of drug-likeness (QED) is 0.0931. The summed E-state index contributed by atoms with van der Waals surface area (Å²) in [6, 6.07) is 27.6. The van der Waals surface area contributed by atoms with Gasteiger partial charge < -0.3 is 14.8 Å². The zero-order valence-corrected chi connectivity index (χ0v) is 28.0. The number of methoxy groups -OCH3 is 1. The minimum absolute atomic E-state index is 0.192. The summed E-state index contributed by atoms with van der Waals surface area (Å²) in [5.74, 6) is -0.161. The van der Waals surface area contributed by atoms with Crippen LogP contribution >= 0.6 is 35.3 Å². The number of hydrogen-bond donors (Lipinski definition) is 1. The SMILES string of the molecule is COCSC(C(=O)N[C@H]1C(=O)N2C(C(=O)OC(c3ccccc3)c3ccccc3)=C(CSc3nnnn3C)CSC12)c1ccccc1. The number of fused-ring (bicyclic) bond motifs is 1. The summed E-state index contributed by atoms with van der Waals surface area (Å²) in [7, 11) is 3.31. The lowest BCUT2D eigenvalue weighted by Crippen LogP contribution is -2.71. The van der Waals surface area contributed by atoms with Crippen LogP contribution in [0.4, 0.5) is 0 Å². The van der Waals surface area contributed by atoms with Crippen LogP contribution in [0.25, 0.3) is 0 Å². The highest BCUT2D eigenvalue weighted by molar-refractivity contribution is 8.01. The first-order valence-electron chi connectivity index (χ1n) is 14.7. The number of aryl methyl sites for hydroxylation is 1. The molecule has 0 saturated carbocycles. The highest BCUT2D eigenvalue weighted by Crippen LogP contribution is 2.43. The van der Waals surface area contributed by atoms with Gasteiger partial charge in [0, 0.05) is 25.7 Å². The molecule has 1 aromatic heterocycles. The number of amides is 2. The number of nitrogens with zero attached hydrogens (tertiary/aromatic N) is 5. The Labute approximate surface area is 284 Å². The largest absolute Gasteiger partial charge is 0.448 e. The average Bonchev–Trinajstić information content (AvgIpc) is 3.53. The molecule has 4 aromatic rings. The fourth-order valence-electron chi connectivity index (χ4n) is 5.34. The summed E-state index contributed by atoms with van der Waals surface area (Å²) in [5, 5.41) is 14.1. The van der Waals surface area contributed by atoms with Gasteiger partial charge in [0.1, 0.15) is 22.4 Å². The maximum Gasteiger partial charge on any atom is 0.356 e. The molecule has 3 heterocycles. The maximum absolute atomic E-state index is 14.2. The molecule has 3 aromatic carbocycles. The number of aromatic nitrogens is 4. The molecule has 2 unspecified atom stereocenters. The molecule has 1 saturated heterocycles. The van der Waals surface area contributed by atoms with Gasteiger partial charge in [-0.25, -0.2) is 9.48 Å². The number of nitrogens with one attached hydrogen (secondary N) is 1.